The zero-order chi connectivity index (χ0) is 13.5. The number of hydrogen-bond donors (Lipinski definition) is 1. The number of para-hydroxylation sites is 1. The largest absolute Gasteiger partial charge is 0.282 e. The molecule has 1 amide bonds. The second-order valence-corrected chi connectivity index (χ2v) is 4.85. The summed E-state index contributed by atoms with van der Waals surface area (Å²) in [6.45, 7) is 0. The third-order valence-corrected chi connectivity index (χ3v) is 3.82. The van der Waals surface area contributed by atoms with Gasteiger partial charge in [0, 0.05) is 6.07 Å². The van der Waals surface area contributed by atoms with Gasteiger partial charge in [0.2, 0.25) is 0 Å². The molecule has 6 nitrogen and oxygen atoms in total. The summed E-state index contributed by atoms with van der Waals surface area (Å²) in [5.41, 5.74) is 2.06. The van der Waals surface area contributed by atoms with Gasteiger partial charge in [-0.2, -0.15) is 5.10 Å². The first-order valence-electron chi connectivity index (χ1n) is 4.79. The second kappa shape index (κ2) is 7.02. The molecule has 0 aliphatic carbocycles. The maximum absolute atomic E-state index is 11.8. The molecule has 0 heterocycles. The maximum atomic E-state index is 11.8. The van der Waals surface area contributed by atoms with Crippen LogP contribution in [0.5, 0.6) is 0 Å². The Bertz CT molecular complexity index is 485. The average Bonchev–Trinajstić information content (AvgIpc) is 2.39. The van der Waals surface area contributed by atoms with Gasteiger partial charge in [0.25, 0.3) is 11.6 Å². The first-order chi connectivity index (χ1) is 8.60. The van der Waals surface area contributed by atoms with E-state index in [0.717, 1.165) is 0 Å². The van der Waals surface area contributed by atoms with Gasteiger partial charge < -0.3 is 0 Å². The minimum absolute atomic E-state index is 0.00666. The highest BCUT2D eigenvalue weighted by Crippen LogP contribution is 2.17. The molecule has 0 unspecified atom stereocenters. The van der Waals surface area contributed by atoms with Gasteiger partial charge in [-0.15, -0.1) is 23.5 Å². The molecule has 0 saturated heterocycles. The zero-order valence-corrected chi connectivity index (χ0v) is 11.4. The van der Waals surface area contributed by atoms with Gasteiger partial charge in [0.15, 0.2) is 0 Å². The first-order valence-corrected chi connectivity index (χ1v) is 7.24. The van der Waals surface area contributed by atoms with Crippen LogP contribution in [-0.4, -0.2) is 27.7 Å². The molecule has 1 rings (SSSR count). The third-order valence-electron chi connectivity index (χ3n) is 1.94. The Morgan fingerprint density at radius 2 is 1.94 bits per heavy atom. The number of hydrogen-bond acceptors (Lipinski definition) is 6. The van der Waals surface area contributed by atoms with Crippen molar-refractivity contribution in [2.75, 3.05) is 12.5 Å². The van der Waals surface area contributed by atoms with Crippen molar-refractivity contribution in [3.05, 3.63) is 39.9 Å². The zero-order valence-electron chi connectivity index (χ0n) is 9.75. The van der Waals surface area contributed by atoms with Crippen molar-refractivity contribution in [3.63, 3.8) is 0 Å². The van der Waals surface area contributed by atoms with E-state index in [0.29, 0.717) is 4.38 Å². The predicted octanol–water partition coefficient (Wildman–Crippen LogP) is 2.32. The third kappa shape index (κ3) is 3.74. The van der Waals surface area contributed by atoms with Crippen molar-refractivity contribution in [1.82, 2.24) is 5.43 Å². The summed E-state index contributed by atoms with van der Waals surface area (Å²) in [6, 6.07) is 5.74. The van der Waals surface area contributed by atoms with Crippen LogP contribution in [-0.2, 0) is 0 Å². The summed E-state index contributed by atoms with van der Waals surface area (Å²) in [4.78, 5) is 21.9. The van der Waals surface area contributed by atoms with Crippen LogP contribution in [0.1, 0.15) is 10.4 Å². The van der Waals surface area contributed by atoms with Crippen LogP contribution in [0.3, 0.4) is 0 Å². The van der Waals surface area contributed by atoms with Crippen molar-refractivity contribution in [2.24, 2.45) is 5.10 Å². The highest BCUT2D eigenvalue weighted by atomic mass is 32.2. The summed E-state index contributed by atoms with van der Waals surface area (Å²) in [5.74, 6) is -0.595. The number of thioether (sulfide) groups is 2. The Kier molecular flexibility index (Phi) is 5.66. The van der Waals surface area contributed by atoms with Crippen LogP contribution in [0.4, 0.5) is 5.69 Å². The lowest BCUT2D eigenvalue weighted by atomic mass is 10.2. The number of carbonyl (C=O) groups excluding carboxylic acids is 1. The first kappa shape index (κ1) is 14.5. The molecule has 0 aliphatic rings. The molecule has 0 radical (unpaired) electrons. The molecular formula is C10H11N3O3S2. The van der Waals surface area contributed by atoms with Gasteiger partial charge in [-0.1, -0.05) is 12.1 Å². The normalized spacial score (nSPS) is 9.67. The lowest BCUT2D eigenvalue weighted by Gasteiger charge is -2.02. The molecule has 1 N–H and O–H groups in total. The molecule has 1 aromatic rings. The molecule has 0 atom stereocenters. The molecule has 0 aliphatic heterocycles. The average molecular weight is 285 g/mol. The molecule has 0 bridgehead atoms. The van der Waals surface area contributed by atoms with Gasteiger partial charge in [-0.25, -0.2) is 5.43 Å². The lowest BCUT2D eigenvalue weighted by Crippen LogP contribution is -2.19. The summed E-state index contributed by atoms with van der Waals surface area (Å²) >= 11 is 2.76. The quantitative estimate of drug-likeness (QED) is 0.399. The molecule has 8 heteroatoms. The van der Waals surface area contributed by atoms with E-state index in [-0.39, 0.29) is 11.3 Å². The minimum atomic E-state index is -0.595. The number of carbonyl (C=O) groups is 1. The molecule has 96 valence electrons. The van der Waals surface area contributed by atoms with Crippen molar-refractivity contribution in [2.45, 2.75) is 0 Å². The number of nitrogens with one attached hydrogen (secondary N) is 1. The van der Waals surface area contributed by atoms with Crippen molar-refractivity contribution >= 4 is 39.5 Å². The highest BCUT2D eigenvalue weighted by Gasteiger charge is 2.18. The molecule has 0 fully saturated rings. The molecule has 0 spiro atoms. The number of nitro groups is 1. The number of nitro benzene ring substituents is 1. The highest BCUT2D eigenvalue weighted by molar-refractivity contribution is 8.38. The van der Waals surface area contributed by atoms with Crippen molar-refractivity contribution in [1.29, 1.82) is 0 Å². The van der Waals surface area contributed by atoms with E-state index in [2.05, 4.69) is 10.5 Å². The second-order valence-electron chi connectivity index (χ2n) is 3.00. The summed E-state index contributed by atoms with van der Waals surface area (Å²) < 4.78 is 0.668. The number of nitrogens with zero attached hydrogens (tertiary/aromatic N) is 2. The van der Waals surface area contributed by atoms with Gasteiger partial charge in [-0.05, 0) is 18.6 Å². The summed E-state index contributed by atoms with van der Waals surface area (Å²) in [7, 11) is 0. The predicted molar refractivity (Wildman–Crippen MR) is 75.0 cm³/mol. The molecule has 0 aromatic heterocycles. The van der Waals surface area contributed by atoms with E-state index >= 15 is 0 Å². The van der Waals surface area contributed by atoms with E-state index in [9.17, 15) is 14.9 Å². The molecular weight excluding hydrogens is 274 g/mol. The number of benzene rings is 1. The van der Waals surface area contributed by atoms with E-state index in [1.807, 2.05) is 12.5 Å². The van der Waals surface area contributed by atoms with E-state index in [4.69, 9.17) is 0 Å². The van der Waals surface area contributed by atoms with Crippen molar-refractivity contribution < 1.29 is 9.72 Å². The summed E-state index contributed by atoms with van der Waals surface area (Å²) in [5, 5.41) is 14.6. The maximum Gasteiger partial charge on any atom is 0.282 e. The van der Waals surface area contributed by atoms with Crippen LogP contribution in [0, 0.1) is 10.1 Å². The van der Waals surface area contributed by atoms with E-state index < -0.39 is 10.8 Å². The van der Waals surface area contributed by atoms with E-state index in [1.54, 1.807) is 6.07 Å². The van der Waals surface area contributed by atoms with Crippen LogP contribution < -0.4 is 5.43 Å². The fourth-order valence-electron chi connectivity index (χ4n) is 1.16. The molecule has 18 heavy (non-hydrogen) atoms. The number of hydrazone groups is 1. The SMILES string of the molecule is CSC(=NNC(=O)c1ccccc1[N+](=O)[O-])SC. The van der Waals surface area contributed by atoms with Gasteiger partial charge in [0.05, 0.1) is 4.92 Å². The Morgan fingerprint density at radius 1 is 1.33 bits per heavy atom. The number of rotatable bonds is 3. The van der Waals surface area contributed by atoms with Gasteiger partial charge in [-0.3, -0.25) is 14.9 Å². The topological polar surface area (TPSA) is 84.6 Å². The van der Waals surface area contributed by atoms with Gasteiger partial charge in [0.1, 0.15) is 9.94 Å². The Labute approximate surface area is 112 Å². The number of amides is 1. The van der Waals surface area contributed by atoms with Crippen LogP contribution in [0.15, 0.2) is 29.4 Å². The fourth-order valence-corrected chi connectivity index (χ4v) is 2.10. The Balaban J connectivity index is 2.91. The minimum Gasteiger partial charge on any atom is -0.267 e. The molecule has 0 saturated carbocycles. The van der Waals surface area contributed by atoms with Gasteiger partial charge >= 0.3 is 0 Å². The Hall–Kier alpha value is -1.54. The van der Waals surface area contributed by atoms with E-state index in [1.165, 1.54) is 41.7 Å². The Morgan fingerprint density at radius 3 is 2.50 bits per heavy atom. The molecule has 1 aromatic carbocycles. The van der Waals surface area contributed by atoms with Crippen molar-refractivity contribution in [3.8, 4) is 0 Å². The summed E-state index contributed by atoms with van der Waals surface area (Å²) in [6.07, 6.45) is 3.65. The lowest BCUT2D eigenvalue weighted by molar-refractivity contribution is -0.385. The standard InChI is InChI=1S/C10H11N3O3S2/c1-17-10(18-2)12-11-9(14)7-5-3-4-6-8(7)13(15)16/h3-6H,1-2H3,(H,11,14). The smallest absolute Gasteiger partial charge is 0.267 e. The van der Waals surface area contributed by atoms with Crippen LogP contribution in [0.25, 0.3) is 0 Å². The fraction of sp³-hybridized carbons (Fsp3) is 0.200. The van der Waals surface area contributed by atoms with Crippen LogP contribution in [0.2, 0.25) is 0 Å². The monoisotopic (exact) mass is 285 g/mol. The van der Waals surface area contributed by atoms with Crippen LogP contribution >= 0.6 is 23.5 Å².